The number of rotatable bonds is 10. The Hall–Kier alpha value is -3.45. The number of anilines is 1. The lowest BCUT2D eigenvalue weighted by atomic mass is 10.1. The lowest BCUT2D eigenvalue weighted by Crippen LogP contribution is -2.30. The molecule has 0 aliphatic rings. The topological polar surface area (TPSA) is 67.2 Å². The molecule has 0 aliphatic heterocycles. The summed E-state index contributed by atoms with van der Waals surface area (Å²) in [6.07, 6.45) is 3.55. The molecule has 3 aromatic carbocycles. The number of hydrogen-bond donors (Lipinski definition) is 1. The number of fused-ring (bicyclic) bond motifs is 1. The highest BCUT2D eigenvalue weighted by Crippen LogP contribution is 2.19. The van der Waals surface area contributed by atoms with Gasteiger partial charge in [0.25, 0.3) is 5.91 Å². The highest BCUT2D eigenvalue weighted by Gasteiger charge is 2.17. The number of carbonyl (C=O) groups is 2. The maximum Gasteiger partial charge on any atom is 0.251 e. The van der Waals surface area contributed by atoms with Crippen molar-refractivity contribution in [2.75, 3.05) is 18.5 Å². The van der Waals surface area contributed by atoms with Crippen LogP contribution in [0, 0.1) is 0 Å². The summed E-state index contributed by atoms with van der Waals surface area (Å²) in [5.41, 5.74) is 3.40. The van der Waals surface area contributed by atoms with Crippen LogP contribution in [0.1, 0.15) is 35.4 Å². The van der Waals surface area contributed by atoms with Crippen molar-refractivity contribution < 1.29 is 9.59 Å². The molecular weight excluding hydrogens is 504 g/mol. The number of halogens is 1. The predicted molar refractivity (Wildman–Crippen MR) is 144 cm³/mol. The van der Waals surface area contributed by atoms with Gasteiger partial charge >= 0.3 is 0 Å². The summed E-state index contributed by atoms with van der Waals surface area (Å²) in [5.74, 6) is 0.872. The number of hydrogen-bond acceptors (Lipinski definition) is 3. The van der Waals surface area contributed by atoms with E-state index < -0.39 is 0 Å². The Labute approximate surface area is 214 Å². The van der Waals surface area contributed by atoms with Gasteiger partial charge in [-0.25, -0.2) is 4.98 Å². The fraction of sp³-hybridized carbons (Fsp3) is 0.250. The number of nitrogens with one attached hydrogen (secondary N) is 1. The predicted octanol–water partition coefficient (Wildman–Crippen LogP) is 5.60. The smallest absolute Gasteiger partial charge is 0.251 e. The third-order valence-electron chi connectivity index (χ3n) is 6.01. The van der Waals surface area contributed by atoms with E-state index in [4.69, 9.17) is 4.98 Å². The van der Waals surface area contributed by atoms with Crippen molar-refractivity contribution >= 4 is 44.5 Å². The molecule has 35 heavy (non-hydrogen) atoms. The van der Waals surface area contributed by atoms with Gasteiger partial charge < -0.3 is 14.8 Å². The van der Waals surface area contributed by atoms with Crippen molar-refractivity contribution in [2.45, 2.75) is 32.2 Å². The van der Waals surface area contributed by atoms with E-state index in [9.17, 15) is 9.59 Å². The van der Waals surface area contributed by atoms with E-state index in [1.165, 1.54) is 0 Å². The third-order valence-corrected chi connectivity index (χ3v) is 6.54. The molecule has 1 heterocycles. The molecule has 1 N–H and O–H groups in total. The number of nitrogens with zero attached hydrogens (tertiary/aromatic N) is 3. The van der Waals surface area contributed by atoms with Gasteiger partial charge in [-0.3, -0.25) is 9.59 Å². The molecule has 4 aromatic rings. The number of para-hydroxylation sites is 3. The number of unbranched alkanes of at least 4 members (excludes halogenated alkanes) is 2. The van der Waals surface area contributed by atoms with Gasteiger partial charge in [-0.1, -0.05) is 52.7 Å². The van der Waals surface area contributed by atoms with Crippen molar-refractivity contribution in [3.8, 4) is 0 Å². The van der Waals surface area contributed by atoms with Crippen LogP contribution in [0.2, 0.25) is 0 Å². The maximum absolute atomic E-state index is 13.1. The highest BCUT2D eigenvalue weighted by atomic mass is 79.9. The molecule has 0 spiro atoms. The normalized spacial score (nSPS) is 10.9. The second kappa shape index (κ2) is 11.8. The Kier molecular flexibility index (Phi) is 8.32. The van der Waals surface area contributed by atoms with Crippen LogP contribution in [0.25, 0.3) is 11.0 Å². The first-order chi connectivity index (χ1) is 17.0. The molecule has 0 aliphatic carbocycles. The molecular formula is C28H29BrN4O2. The molecule has 1 aromatic heterocycles. The summed E-state index contributed by atoms with van der Waals surface area (Å²) in [6.45, 7) is 0.871. The third kappa shape index (κ3) is 6.36. The minimum absolute atomic E-state index is 0.0104. The molecule has 0 unspecified atom stereocenters. The largest absolute Gasteiger partial charge is 0.352 e. The lowest BCUT2D eigenvalue weighted by Gasteiger charge is -2.18. The molecule has 0 atom stereocenters. The van der Waals surface area contributed by atoms with Gasteiger partial charge in [0.15, 0.2) is 0 Å². The zero-order valence-corrected chi connectivity index (χ0v) is 21.4. The molecule has 180 valence electrons. The Morgan fingerprint density at radius 1 is 0.914 bits per heavy atom. The summed E-state index contributed by atoms with van der Waals surface area (Å²) < 4.78 is 2.99. The van der Waals surface area contributed by atoms with Crippen molar-refractivity contribution in [2.24, 2.45) is 0 Å². The van der Waals surface area contributed by atoms with Gasteiger partial charge in [-0.2, -0.15) is 0 Å². The van der Waals surface area contributed by atoms with Crippen LogP contribution in [0.4, 0.5) is 5.69 Å². The molecule has 0 saturated heterocycles. The van der Waals surface area contributed by atoms with Crippen LogP contribution in [0.15, 0.2) is 83.3 Å². The second-order valence-electron chi connectivity index (χ2n) is 8.46. The molecule has 0 saturated carbocycles. The number of likely N-dealkylation sites (N-methyl/N-ethyl adjacent to an activating group) is 1. The van der Waals surface area contributed by atoms with Gasteiger partial charge in [-0.15, -0.1) is 0 Å². The monoisotopic (exact) mass is 532 g/mol. The van der Waals surface area contributed by atoms with Gasteiger partial charge in [0.05, 0.1) is 11.0 Å². The summed E-state index contributed by atoms with van der Waals surface area (Å²) >= 11 is 3.38. The Morgan fingerprint density at radius 2 is 1.63 bits per heavy atom. The van der Waals surface area contributed by atoms with E-state index in [2.05, 4.69) is 21.2 Å². The minimum Gasteiger partial charge on any atom is -0.352 e. The minimum atomic E-state index is -0.0552. The first-order valence-corrected chi connectivity index (χ1v) is 12.6. The Balaban J connectivity index is 1.32. The number of carbonyl (C=O) groups excluding carboxylic acids is 2. The number of aromatic nitrogens is 2. The van der Waals surface area contributed by atoms with Crippen molar-refractivity contribution in [1.29, 1.82) is 0 Å². The average Bonchev–Trinajstić information content (AvgIpc) is 3.23. The Bertz CT molecular complexity index is 1290. The van der Waals surface area contributed by atoms with E-state index >= 15 is 0 Å². The molecule has 2 amide bonds. The first-order valence-electron chi connectivity index (χ1n) is 11.8. The fourth-order valence-electron chi connectivity index (χ4n) is 4.02. The van der Waals surface area contributed by atoms with E-state index in [-0.39, 0.29) is 18.4 Å². The van der Waals surface area contributed by atoms with Crippen LogP contribution < -0.4 is 10.2 Å². The summed E-state index contributed by atoms with van der Waals surface area (Å²) in [5, 5.41) is 2.98. The average molecular weight is 533 g/mol. The van der Waals surface area contributed by atoms with Crippen LogP contribution in [0.3, 0.4) is 0 Å². The van der Waals surface area contributed by atoms with Crippen molar-refractivity contribution in [1.82, 2.24) is 14.9 Å². The second-order valence-corrected chi connectivity index (χ2v) is 9.38. The summed E-state index contributed by atoms with van der Waals surface area (Å²) in [4.78, 5) is 31.8. The maximum atomic E-state index is 13.1. The molecule has 6 nitrogen and oxygen atoms in total. The zero-order chi connectivity index (χ0) is 24.6. The van der Waals surface area contributed by atoms with Crippen molar-refractivity contribution in [3.05, 3.63) is 94.7 Å². The number of imidazole rings is 1. The first kappa shape index (κ1) is 24.7. The molecule has 4 rings (SSSR count). The Morgan fingerprint density at radius 3 is 2.40 bits per heavy atom. The fourth-order valence-corrected chi connectivity index (χ4v) is 4.28. The zero-order valence-electron chi connectivity index (χ0n) is 19.8. The van der Waals surface area contributed by atoms with Crippen LogP contribution in [-0.2, 0) is 17.8 Å². The van der Waals surface area contributed by atoms with Crippen LogP contribution >= 0.6 is 15.9 Å². The van der Waals surface area contributed by atoms with Gasteiger partial charge in [0.2, 0.25) is 5.91 Å². The van der Waals surface area contributed by atoms with Gasteiger partial charge in [0.1, 0.15) is 12.4 Å². The standard InChI is InChI=1S/C28H29BrN4O2/c1-32(23-10-4-2-5-11-23)27(34)20-33-25-13-8-7-12-24(25)31-26(33)14-6-3-9-19-30-28(35)21-15-17-22(29)18-16-21/h2,4-5,7-8,10-13,15-18H,3,6,9,14,19-20H2,1H3,(H,30,35). The number of aryl methyl sites for hydroxylation is 1. The molecule has 7 heteroatoms. The molecule has 0 fully saturated rings. The van der Waals surface area contributed by atoms with Crippen LogP contribution in [-0.4, -0.2) is 35.0 Å². The van der Waals surface area contributed by atoms with Gasteiger partial charge in [-0.05, 0) is 61.4 Å². The quantitative estimate of drug-likeness (QED) is 0.270. The molecule has 0 bridgehead atoms. The summed E-state index contributed by atoms with van der Waals surface area (Å²) in [6, 6.07) is 24.9. The lowest BCUT2D eigenvalue weighted by molar-refractivity contribution is -0.118. The van der Waals surface area contributed by atoms with E-state index in [1.807, 2.05) is 71.3 Å². The number of amides is 2. The van der Waals surface area contributed by atoms with E-state index in [0.29, 0.717) is 12.1 Å². The van der Waals surface area contributed by atoms with E-state index in [0.717, 1.165) is 52.7 Å². The van der Waals surface area contributed by atoms with Crippen LogP contribution in [0.5, 0.6) is 0 Å². The molecule has 0 radical (unpaired) electrons. The summed E-state index contributed by atoms with van der Waals surface area (Å²) in [7, 11) is 1.80. The van der Waals surface area contributed by atoms with Gasteiger partial charge in [0, 0.05) is 35.7 Å². The SMILES string of the molecule is CN(C(=O)Cn1c(CCCCCNC(=O)c2ccc(Br)cc2)nc2ccccc21)c1ccccc1. The van der Waals surface area contributed by atoms with Crippen molar-refractivity contribution in [3.63, 3.8) is 0 Å². The highest BCUT2D eigenvalue weighted by molar-refractivity contribution is 9.10. The number of benzene rings is 3. The van der Waals surface area contributed by atoms with E-state index in [1.54, 1.807) is 24.1 Å².